The van der Waals surface area contributed by atoms with Gasteiger partial charge in [-0.05, 0) is 24.7 Å². The van der Waals surface area contributed by atoms with E-state index in [4.69, 9.17) is 4.74 Å². The van der Waals surface area contributed by atoms with Gasteiger partial charge in [0.2, 0.25) is 0 Å². The maximum atomic E-state index is 5.56. The maximum Gasteiger partial charge on any atom is 0.0610 e. The summed E-state index contributed by atoms with van der Waals surface area (Å²) < 4.78 is 6.06. The Balaban J connectivity index is 2.16. The van der Waals surface area contributed by atoms with Gasteiger partial charge in [0, 0.05) is 17.1 Å². The van der Waals surface area contributed by atoms with Gasteiger partial charge in [-0.2, -0.15) is 11.8 Å². The fourth-order valence-electron chi connectivity index (χ4n) is 2.85. The second-order valence-electron chi connectivity index (χ2n) is 5.06. The molecule has 0 radical (unpaired) electrons. The van der Waals surface area contributed by atoms with Gasteiger partial charge in [-0.3, -0.25) is 0 Å². The Hall–Kier alpha value is 0.310. The van der Waals surface area contributed by atoms with Gasteiger partial charge in [0.25, 0.3) is 0 Å². The first-order valence-corrected chi connectivity index (χ1v) is 6.13. The molecule has 1 saturated heterocycles. The molecule has 1 aliphatic heterocycles. The van der Waals surface area contributed by atoms with Crippen LogP contribution >= 0.6 is 11.8 Å². The van der Waals surface area contributed by atoms with Crippen molar-refractivity contribution in [2.75, 3.05) is 7.11 Å². The van der Waals surface area contributed by atoms with Crippen molar-refractivity contribution >= 4 is 11.8 Å². The summed E-state index contributed by atoms with van der Waals surface area (Å²) >= 11 is 2.19. The van der Waals surface area contributed by atoms with E-state index in [1.54, 1.807) is 0 Å². The SMILES string of the molecule is COC1CC2CC(SC2(C)C)C1C. The van der Waals surface area contributed by atoms with Crippen LogP contribution in [0.3, 0.4) is 0 Å². The molecule has 2 bridgehead atoms. The highest BCUT2D eigenvalue weighted by Crippen LogP contribution is 2.55. The molecule has 1 aliphatic carbocycles. The molecule has 1 heterocycles. The molecule has 2 fully saturated rings. The fourth-order valence-corrected chi connectivity index (χ4v) is 4.73. The van der Waals surface area contributed by atoms with Crippen molar-refractivity contribution < 1.29 is 4.74 Å². The second-order valence-corrected chi connectivity index (χ2v) is 6.95. The van der Waals surface area contributed by atoms with Crippen LogP contribution in [0.2, 0.25) is 0 Å². The maximum absolute atomic E-state index is 5.56. The van der Waals surface area contributed by atoms with E-state index < -0.39 is 0 Å². The summed E-state index contributed by atoms with van der Waals surface area (Å²) in [6.45, 7) is 7.14. The molecule has 0 aromatic carbocycles. The van der Waals surface area contributed by atoms with Crippen molar-refractivity contribution in [2.45, 2.75) is 49.7 Å². The Kier molecular flexibility index (Phi) is 2.40. The molecule has 0 amide bonds. The molecule has 4 atom stereocenters. The Bertz CT molecular complexity index is 202. The zero-order chi connectivity index (χ0) is 9.64. The van der Waals surface area contributed by atoms with Crippen LogP contribution in [0, 0.1) is 11.8 Å². The molecule has 2 heteroatoms. The number of fused-ring (bicyclic) bond motifs is 2. The number of ether oxygens (including phenoxy) is 1. The zero-order valence-electron chi connectivity index (χ0n) is 9.04. The summed E-state index contributed by atoms with van der Waals surface area (Å²) in [4.78, 5) is 0. The number of hydrogen-bond donors (Lipinski definition) is 0. The Morgan fingerprint density at radius 2 is 2.00 bits per heavy atom. The van der Waals surface area contributed by atoms with E-state index in [9.17, 15) is 0 Å². The third-order valence-electron chi connectivity index (χ3n) is 3.95. The minimum atomic E-state index is 0.492. The summed E-state index contributed by atoms with van der Waals surface area (Å²) in [6, 6.07) is 0. The summed E-state index contributed by atoms with van der Waals surface area (Å²) in [5, 5.41) is 0.846. The zero-order valence-corrected chi connectivity index (χ0v) is 9.86. The monoisotopic (exact) mass is 200 g/mol. The van der Waals surface area contributed by atoms with Crippen LogP contribution in [0.4, 0.5) is 0 Å². The fraction of sp³-hybridized carbons (Fsp3) is 1.00. The minimum Gasteiger partial charge on any atom is -0.381 e. The van der Waals surface area contributed by atoms with Crippen molar-refractivity contribution in [1.82, 2.24) is 0 Å². The van der Waals surface area contributed by atoms with E-state index in [0.29, 0.717) is 10.9 Å². The smallest absolute Gasteiger partial charge is 0.0610 e. The third-order valence-corrected chi connectivity index (χ3v) is 5.81. The van der Waals surface area contributed by atoms with E-state index >= 15 is 0 Å². The summed E-state index contributed by atoms with van der Waals surface area (Å²) in [5.74, 6) is 1.62. The van der Waals surface area contributed by atoms with Gasteiger partial charge < -0.3 is 4.74 Å². The number of methoxy groups -OCH3 is 1. The summed E-state index contributed by atoms with van der Waals surface area (Å²) in [7, 11) is 1.86. The molecule has 1 nitrogen and oxygen atoms in total. The lowest BCUT2D eigenvalue weighted by atomic mass is 9.76. The average Bonchev–Trinajstić information content (AvgIpc) is 2.32. The van der Waals surface area contributed by atoms with E-state index in [0.717, 1.165) is 17.1 Å². The van der Waals surface area contributed by atoms with Crippen molar-refractivity contribution in [1.29, 1.82) is 0 Å². The van der Waals surface area contributed by atoms with Gasteiger partial charge in [-0.15, -0.1) is 0 Å². The lowest BCUT2D eigenvalue weighted by molar-refractivity contribution is 0.0161. The predicted molar refractivity (Wildman–Crippen MR) is 58.1 cm³/mol. The average molecular weight is 200 g/mol. The Morgan fingerprint density at radius 1 is 1.31 bits per heavy atom. The molecule has 0 N–H and O–H groups in total. The summed E-state index contributed by atoms with van der Waals surface area (Å²) in [5.41, 5.74) is 0. The molecule has 1 saturated carbocycles. The Morgan fingerprint density at radius 3 is 2.62 bits per heavy atom. The lowest BCUT2D eigenvalue weighted by Gasteiger charge is -2.33. The number of rotatable bonds is 1. The van der Waals surface area contributed by atoms with Crippen molar-refractivity contribution in [3.8, 4) is 0 Å². The molecule has 76 valence electrons. The summed E-state index contributed by atoms with van der Waals surface area (Å²) in [6.07, 6.45) is 3.20. The molecule has 0 spiro atoms. The molecule has 2 rings (SSSR count). The van der Waals surface area contributed by atoms with Gasteiger partial charge >= 0.3 is 0 Å². The van der Waals surface area contributed by atoms with Crippen LogP contribution in [0.15, 0.2) is 0 Å². The van der Waals surface area contributed by atoms with Crippen molar-refractivity contribution in [3.05, 3.63) is 0 Å². The molecule has 0 aromatic heterocycles. The van der Waals surface area contributed by atoms with E-state index in [1.807, 2.05) is 7.11 Å². The quantitative estimate of drug-likeness (QED) is 0.643. The first kappa shape index (κ1) is 9.85. The van der Waals surface area contributed by atoms with Gasteiger partial charge in [0.1, 0.15) is 0 Å². The first-order chi connectivity index (χ1) is 6.04. The minimum absolute atomic E-state index is 0.492. The van der Waals surface area contributed by atoms with Gasteiger partial charge in [0.05, 0.1) is 6.10 Å². The van der Waals surface area contributed by atoms with Crippen molar-refractivity contribution in [2.24, 2.45) is 11.8 Å². The normalized spacial score (nSPS) is 48.0. The van der Waals surface area contributed by atoms with Crippen LogP contribution in [0.5, 0.6) is 0 Å². The van der Waals surface area contributed by atoms with Gasteiger partial charge in [0.15, 0.2) is 0 Å². The highest BCUT2D eigenvalue weighted by Gasteiger charge is 2.49. The van der Waals surface area contributed by atoms with Crippen LogP contribution in [0.1, 0.15) is 33.6 Å². The number of hydrogen-bond acceptors (Lipinski definition) is 2. The van der Waals surface area contributed by atoms with E-state index in [1.165, 1.54) is 12.8 Å². The van der Waals surface area contributed by atoms with Crippen LogP contribution in [-0.2, 0) is 4.74 Å². The molecule has 0 aromatic rings. The molecule has 13 heavy (non-hydrogen) atoms. The molecular weight excluding hydrogens is 180 g/mol. The largest absolute Gasteiger partial charge is 0.381 e. The third kappa shape index (κ3) is 1.52. The van der Waals surface area contributed by atoms with Crippen LogP contribution in [-0.4, -0.2) is 23.2 Å². The standard InChI is InChI=1S/C11H20OS/c1-7-9(12-4)5-8-6-10(7)13-11(8,2)3/h7-10H,5-6H2,1-4H3. The van der Waals surface area contributed by atoms with Gasteiger partial charge in [-0.1, -0.05) is 20.8 Å². The molecular formula is C11H20OS. The molecule has 2 aliphatic rings. The predicted octanol–water partition coefficient (Wildman–Crippen LogP) is 2.94. The molecule has 4 unspecified atom stereocenters. The van der Waals surface area contributed by atoms with E-state index in [-0.39, 0.29) is 0 Å². The Labute approximate surface area is 85.6 Å². The first-order valence-electron chi connectivity index (χ1n) is 5.25. The highest BCUT2D eigenvalue weighted by molar-refractivity contribution is 8.01. The van der Waals surface area contributed by atoms with Crippen LogP contribution < -0.4 is 0 Å². The lowest BCUT2D eigenvalue weighted by Crippen LogP contribution is -2.35. The topological polar surface area (TPSA) is 9.23 Å². The van der Waals surface area contributed by atoms with E-state index in [2.05, 4.69) is 32.5 Å². The van der Waals surface area contributed by atoms with Gasteiger partial charge in [-0.25, -0.2) is 0 Å². The second kappa shape index (κ2) is 3.16. The van der Waals surface area contributed by atoms with Crippen LogP contribution in [0.25, 0.3) is 0 Å². The van der Waals surface area contributed by atoms with Crippen molar-refractivity contribution in [3.63, 3.8) is 0 Å². The highest BCUT2D eigenvalue weighted by atomic mass is 32.2. The number of thioether (sulfide) groups is 1.